The monoisotopic (exact) mass is 333 g/mol. The zero-order chi connectivity index (χ0) is 16.6. The summed E-state index contributed by atoms with van der Waals surface area (Å²) in [5.41, 5.74) is 4.09. The Morgan fingerprint density at radius 1 is 1.16 bits per heavy atom. The van der Waals surface area contributed by atoms with Crippen LogP contribution in [0.3, 0.4) is 0 Å². The van der Waals surface area contributed by atoms with Gasteiger partial charge < -0.3 is 8.98 Å². The van der Waals surface area contributed by atoms with Crippen molar-refractivity contribution in [1.82, 2.24) is 14.5 Å². The van der Waals surface area contributed by atoms with Crippen LogP contribution in [0.15, 0.2) is 59.7 Å². The lowest BCUT2D eigenvalue weighted by Gasteiger charge is -2.34. The summed E-state index contributed by atoms with van der Waals surface area (Å²) in [4.78, 5) is 7.28. The highest BCUT2D eigenvalue weighted by molar-refractivity contribution is 5.37. The van der Waals surface area contributed by atoms with E-state index in [9.17, 15) is 0 Å². The molecule has 2 aliphatic rings. The van der Waals surface area contributed by atoms with E-state index in [4.69, 9.17) is 9.40 Å². The highest BCUT2D eigenvalue weighted by Gasteiger charge is 2.30. The molecule has 0 N–H and O–H groups in total. The number of benzene rings is 1. The third kappa shape index (κ3) is 3.02. The minimum atomic E-state index is 0.339. The molecule has 4 heteroatoms. The van der Waals surface area contributed by atoms with Gasteiger partial charge in [-0.25, -0.2) is 4.98 Å². The van der Waals surface area contributed by atoms with E-state index in [1.165, 1.54) is 35.4 Å². The molecule has 0 bridgehead atoms. The van der Waals surface area contributed by atoms with Gasteiger partial charge in [0.1, 0.15) is 5.82 Å². The molecule has 0 spiro atoms. The number of imidazole rings is 1. The first kappa shape index (κ1) is 15.0. The van der Waals surface area contributed by atoms with E-state index in [2.05, 4.69) is 46.0 Å². The van der Waals surface area contributed by atoms with Crippen LogP contribution in [0.2, 0.25) is 0 Å². The van der Waals surface area contributed by atoms with Crippen LogP contribution < -0.4 is 0 Å². The first-order valence-corrected chi connectivity index (χ1v) is 9.19. The molecule has 0 amide bonds. The van der Waals surface area contributed by atoms with Gasteiger partial charge in [-0.05, 0) is 36.0 Å². The number of rotatable bonds is 5. The molecule has 128 valence electrons. The number of furan rings is 1. The fraction of sp³-hybridized carbons (Fsp3) is 0.381. The molecule has 4 nitrogen and oxygen atoms in total. The second kappa shape index (κ2) is 6.19. The van der Waals surface area contributed by atoms with Gasteiger partial charge in [-0.1, -0.05) is 24.3 Å². The van der Waals surface area contributed by atoms with E-state index >= 15 is 0 Å². The topological polar surface area (TPSA) is 34.2 Å². The molecular weight excluding hydrogens is 310 g/mol. The first-order valence-electron chi connectivity index (χ1n) is 9.19. The van der Waals surface area contributed by atoms with Crippen molar-refractivity contribution in [2.45, 2.75) is 38.4 Å². The van der Waals surface area contributed by atoms with E-state index in [1.807, 2.05) is 12.5 Å². The molecule has 3 heterocycles. The molecule has 1 fully saturated rings. The lowest BCUT2D eigenvalue weighted by atomic mass is 9.88. The molecule has 0 unspecified atom stereocenters. The van der Waals surface area contributed by atoms with Crippen LogP contribution >= 0.6 is 0 Å². The second-order valence-corrected chi connectivity index (χ2v) is 7.43. The summed E-state index contributed by atoms with van der Waals surface area (Å²) in [5.74, 6) is 2.41. The van der Waals surface area contributed by atoms with Gasteiger partial charge in [0.15, 0.2) is 0 Å². The maximum atomic E-state index is 5.25. The molecule has 0 saturated heterocycles. The largest absolute Gasteiger partial charge is 0.472 e. The van der Waals surface area contributed by atoms with Gasteiger partial charge in [-0.15, -0.1) is 0 Å². The maximum absolute atomic E-state index is 5.25. The fourth-order valence-corrected chi connectivity index (χ4v) is 4.03. The SMILES string of the molecule is c1ccc2c(c1)CN(Cc1ccoc1)C[C@H]2c1nccn1CC1CC1. The van der Waals surface area contributed by atoms with Crippen LogP contribution in [0, 0.1) is 5.92 Å². The van der Waals surface area contributed by atoms with Crippen LogP contribution in [0.25, 0.3) is 0 Å². The quantitative estimate of drug-likeness (QED) is 0.707. The minimum absolute atomic E-state index is 0.339. The number of aromatic nitrogens is 2. The summed E-state index contributed by atoms with van der Waals surface area (Å²) in [5, 5.41) is 0. The van der Waals surface area contributed by atoms with Gasteiger partial charge in [0.25, 0.3) is 0 Å². The molecular formula is C21H23N3O. The molecule has 2 aromatic heterocycles. The molecule has 1 aromatic carbocycles. The van der Waals surface area contributed by atoms with Crippen LogP contribution in [0.1, 0.15) is 41.3 Å². The Kier molecular flexibility index (Phi) is 3.71. The second-order valence-electron chi connectivity index (χ2n) is 7.43. The Morgan fingerprint density at radius 2 is 2.08 bits per heavy atom. The van der Waals surface area contributed by atoms with E-state index in [0.717, 1.165) is 32.1 Å². The van der Waals surface area contributed by atoms with Crippen LogP contribution in [-0.2, 0) is 19.6 Å². The molecule has 3 aromatic rings. The van der Waals surface area contributed by atoms with Crippen molar-refractivity contribution >= 4 is 0 Å². The fourth-order valence-electron chi connectivity index (χ4n) is 4.03. The Morgan fingerprint density at radius 3 is 2.92 bits per heavy atom. The molecule has 1 aliphatic heterocycles. The van der Waals surface area contributed by atoms with E-state index < -0.39 is 0 Å². The smallest absolute Gasteiger partial charge is 0.117 e. The van der Waals surface area contributed by atoms with Crippen LogP contribution in [0.4, 0.5) is 0 Å². The lowest BCUT2D eigenvalue weighted by Crippen LogP contribution is -2.34. The van der Waals surface area contributed by atoms with Gasteiger partial charge in [0.2, 0.25) is 0 Å². The summed E-state index contributed by atoms with van der Waals surface area (Å²) in [6.07, 6.45) is 10.5. The average molecular weight is 333 g/mol. The molecule has 1 atom stereocenters. The van der Waals surface area contributed by atoms with Crippen molar-refractivity contribution in [1.29, 1.82) is 0 Å². The summed E-state index contributed by atoms with van der Waals surface area (Å²) in [6, 6.07) is 10.9. The molecule has 1 aliphatic carbocycles. The number of fused-ring (bicyclic) bond motifs is 1. The third-order valence-electron chi connectivity index (χ3n) is 5.46. The molecule has 0 radical (unpaired) electrons. The molecule has 1 saturated carbocycles. The van der Waals surface area contributed by atoms with Crippen molar-refractivity contribution in [3.63, 3.8) is 0 Å². The van der Waals surface area contributed by atoms with Crippen molar-refractivity contribution in [3.8, 4) is 0 Å². The summed E-state index contributed by atoms with van der Waals surface area (Å²) < 4.78 is 7.64. The standard InChI is InChI=1S/C21H23N3O/c1-2-4-19-18(3-1)13-23(11-17-7-10-25-15-17)14-20(19)21-22-8-9-24(21)12-16-5-6-16/h1-4,7-10,15-16,20H,5-6,11-14H2/t20-/m1/s1. The van der Waals surface area contributed by atoms with Gasteiger partial charge in [0, 0.05) is 44.1 Å². The van der Waals surface area contributed by atoms with Gasteiger partial charge in [-0.3, -0.25) is 4.90 Å². The average Bonchev–Trinajstić information content (AvgIpc) is 3.09. The Hall–Kier alpha value is -2.33. The Balaban J connectivity index is 1.47. The molecule has 25 heavy (non-hydrogen) atoms. The third-order valence-corrected chi connectivity index (χ3v) is 5.46. The summed E-state index contributed by atoms with van der Waals surface area (Å²) >= 11 is 0. The Labute approximate surface area is 148 Å². The van der Waals surface area contributed by atoms with Gasteiger partial charge in [0.05, 0.1) is 18.4 Å². The highest BCUT2D eigenvalue weighted by atomic mass is 16.3. The normalized spacial score (nSPS) is 20.6. The predicted molar refractivity (Wildman–Crippen MR) is 96.1 cm³/mol. The van der Waals surface area contributed by atoms with Crippen molar-refractivity contribution < 1.29 is 4.42 Å². The van der Waals surface area contributed by atoms with Gasteiger partial charge >= 0.3 is 0 Å². The van der Waals surface area contributed by atoms with E-state index in [0.29, 0.717) is 5.92 Å². The van der Waals surface area contributed by atoms with Crippen LogP contribution in [-0.4, -0.2) is 21.0 Å². The van der Waals surface area contributed by atoms with Crippen molar-refractivity contribution in [2.24, 2.45) is 5.92 Å². The lowest BCUT2D eigenvalue weighted by molar-refractivity contribution is 0.227. The van der Waals surface area contributed by atoms with Gasteiger partial charge in [-0.2, -0.15) is 0 Å². The summed E-state index contributed by atoms with van der Waals surface area (Å²) in [7, 11) is 0. The maximum Gasteiger partial charge on any atom is 0.117 e. The predicted octanol–water partition coefficient (Wildman–Crippen LogP) is 4.03. The summed E-state index contributed by atoms with van der Waals surface area (Å²) in [6.45, 7) is 4.03. The van der Waals surface area contributed by atoms with Crippen LogP contribution in [0.5, 0.6) is 0 Å². The highest BCUT2D eigenvalue weighted by Crippen LogP contribution is 2.36. The molecule has 5 rings (SSSR count). The minimum Gasteiger partial charge on any atom is -0.472 e. The number of hydrogen-bond acceptors (Lipinski definition) is 3. The zero-order valence-electron chi connectivity index (χ0n) is 14.3. The van der Waals surface area contributed by atoms with E-state index in [1.54, 1.807) is 6.26 Å². The van der Waals surface area contributed by atoms with Crippen molar-refractivity contribution in [3.05, 3.63) is 77.8 Å². The Bertz CT molecular complexity index is 848. The number of nitrogens with zero attached hydrogens (tertiary/aromatic N) is 3. The van der Waals surface area contributed by atoms with Crippen molar-refractivity contribution in [2.75, 3.05) is 6.54 Å². The van der Waals surface area contributed by atoms with E-state index in [-0.39, 0.29) is 0 Å². The zero-order valence-corrected chi connectivity index (χ0v) is 14.3. The first-order chi connectivity index (χ1) is 12.4. The number of hydrogen-bond donors (Lipinski definition) is 0.